The third kappa shape index (κ3) is 1.40. The van der Waals surface area contributed by atoms with E-state index in [4.69, 9.17) is 0 Å². The van der Waals surface area contributed by atoms with Crippen molar-refractivity contribution in [1.29, 1.82) is 0 Å². The molecule has 0 aromatic heterocycles. The smallest absolute Gasteiger partial charge is 0.262 e. The van der Waals surface area contributed by atoms with Crippen LogP contribution in [0, 0.1) is 0 Å². The molecular formula is C7H7NO4. The van der Waals surface area contributed by atoms with Gasteiger partial charge in [0.25, 0.3) is 17.7 Å². The Kier molecular flexibility index (Phi) is 2.35. The van der Waals surface area contributed by atoms with Crippen molar-refractivity contribution in [3.63, 3.8) is 0 Å². The first kappa shape index (κ1) is 8.61. The van der Waals surface area contributed by atoms with E-state index < -0.39 is 17.7 Å². The molecule has 0 aliphatic carbocycles. The minimum Gasteiger partial charge on any atom is -0.362 e. The van der Waals surface area contributed by atoms with Crippen molar-refractivity contribution >= 4 is 17.7 Å². The Morgan fingerprint density at radius 3 is 2.33 bits per heavy atom. The van der Waals surface area contributed by atoms with Gasteiger partial charge in [0.2, 0.25) is 0 Å². The van der Waals surface area contributed by atoms with Crippen LogP contribution in [0.25, 0.3) is 0 Å². The molecule has 0 atom stereocenters. The fourth-order valence-electron chi connectivity index (χ4n) is 0.831. The lowest BCUT2D eigenvalue weighted by atomic mass is 10.3. The molecule has 1 aliphatic rings. The second-order valence-electron chi connectivity index (χ2n) is 2.16. The van der Waals surface area contributed by atoms with E-state index in [-0.39, 0.29) is 13.2 Å². The molecule has 5 nitrogen and oxygen atoms in total. The Balaban J connectivity index is 2.83. The molecule has 0 aromatic rings. The molecule has 0 unspecified atom stereocenters. The Morgan fingerprint density at radius 1 is 1.42 bits per heavy atom. The lowest BCUT2D eigenvalue weighted by Crippen LogP contribution is -2.48. The van der Waals surface area contributed by atoms with E-state index in [1.165, 1.54) is 0 Å². The minimum absolute atomic E-state index is 0.231. The molecule has 3 amide bonds. The van der Waals surface area contributed by atoms with Crippen LogP contribution in [0.4, 0.5) is 0 Å². The predicted octanol–water partition coefficient (Wildman–Crippen LogP) is -0.916. The van der Waals surface area contributed by atoms with Crippen LogP contribution in [-0.2, 0) is 19.1 Å². The average Bonchev–Trinajstić information content (AvgIpc) is 2.03. The van der Waals surface area contributed by atoms with Crippen molar-refractivity contribution in [3.8, 4) is 0 Å². The predicted molar refractivity (Wildman–Crippen MR) is 37.9 cm³/mol. The second kappa shape index (κ2) is 3.27. The van der Waals surface area contributed by atoms with Gasteiger partial charge in [0.1, 0.15) is 13.2 Å². The number of rotatable bonds is 1. The maximum Gasteiger partial charge on any atom is 0.262 e. The van der Waals surface area contributed by atoms with Gasteiger partial charge in [-0.25, -0.2) is 4.90 Å². The summed E-state index contributed by atoms with van der Waals surface area (Å²) in [5.41, 5.74) is 0. The van der Waals surface area contributed by atoms with E-state index in [0.717, 1.165) is 6.08 Å². The van der Waals surface area contributed by atoms with Gasteiger partial charge in [-0.15, -0.1) is 0 Å². The number of imide groups is 3. The molecule has 0 spiro atoms. The van der Waals surface area contributed by atoms with Crippen LogP contribution in [0.1, 0.15) is 0 Å². The number of carbonyl (C=O) groups is 3. The Morgan fingerprint density at radius 2 is 1.92 bits per heavy atom. The zero-order valence-corrected chi connectivity index (χ0v) is 6.28. The van der Waals surface area contributed by atoms with Gasteiger partial charge >= 0.3 is 0 Å². The molecule has 64 valence electrons. The topological polar surface area (TPSA) is 63.7 Å². The van der Waals surface area contributed by atoms with Crippen LogP contribution < -0.4 is 0 Å². The molecular weight excluding hydrogens is 162 g/mol. The molecule has 0 bridgehead atoms. The third-order valence-corrected chi connectivity index (χ3v) is 1.34. The molecule has 1 aliphatic heterocycles. The summed E-state index contributed by atoms with van der Waals surface area (Å²) in [5, 5.41) is 0. The van der Waals surface area contributed by atoms with Crippen molar-refractivity contribution in [2.24, 2.45) is 0 Å². The van der Waals surface area contributed by atoms with Crippen molar-refractivity contribution in [2.45, 2.75) is 0 Å². The average molecular weight is 169 g/mol. The first-order valence-corrected chi connectivity index (χ1v) is 3.26. The number of morpholine rings is 1. The van der Waals surface area contributed by atoms with Gasteiger partial charge in [-0.1, -0.05) is 6.58 Å². The van der Waals surface area contributed by atoms with Gasteiger partial charge in [-0.3, -0.25) is 14.4 Å². The Labute approximate surface area is 68.6 Å². The van der Waals surface area contributed by atoms with E-state index in [1.807, 2.05) is 0 Å². The number of hydrogen-bond donors (Lipinski definition) is 0. The quantitative estimate of drug-likeness (QED) is 0.376. The molecule has 1 heterocycles. The van der Waals surface area contributed by atoms with E-state index in [2.05, 4.69) is 11.3 Å². The van der Waals surface area contributed by atoms with E-state index in [0.29, 0.717) is 4.90 Å². The van der Waals surface area contributed by atoms with E-state index in [1.54, 1.807) is 0 Å². The highest BCUT2D eigenvalue weighted by Gasteiger charge is 2.30. The first-order chi connectivity index (χ1) is 5.66. The normalized spacial score (nSPS) is 17.8. The Bertz CT molecular complexity index is 242. The number of nitrogens with zero attached hydrogens (tertiary/aromatic N) is 1. The van der Waals surface area contributed by atoms with Gasteiger partial charge in [-0.2, -0.15) is 0 Å². The molecule has 1 rings (SSSR count). The van der Waals surface area contributed by atoms with Crippen molar-refractivity contribution < 1.29 is 19.1 Å². The summed E-state index contributed by atoms with van der Waals surface area (Å²) in [6, 6.07) is 0. The minimum atomic E-state index is -0.701. The number of amides is 3. The summed E-state index contributed by atoms with van der Waals surface area (Å²) < 4.78 is 4.59. The van der Waals surface area contributed by atoms with Gasteiger partial charge in [0.15, 0.2) is 0 Å². The maximum absolute atomic E-state index is 10.9. The zero-order chi connectivity index (χ0) is 9.14. The third-order valence-electron chi connectivity index (χ3n) is 1.34. The van der Waals surface area contributed by atoms with Crippen LogP contribution >= 0.6 is 0 Å². The molecule has 0 aromatic carbocycles. The summed E-state index contributed by atoms with van der Waals surface area (Å²) >= 11 is 0. The van der Waals surface area contributed by atoms with Crippen LogP contribution in [0.15, 0.2) is 12.7 Å². The highest BCUT2D eigenvalue weighted by molar-refractivity contribution is 6.15. The molecule has 0 saturated carbocycles. The molecule has 1 saturated heterocycles. The fourth-order valence-corrected chi connectivity index (χ4v) is 0.831. The first-order valence-electron chi connectivity index (χ1n) is 3.26. The van der Waals surface area contributed by atoms with Gasteiger partial charge in [-0.05, 0) is 6.08 Å². The van der Waals surface area contributed by atoms with Crippen LogP contribution in [0.3, 0.4) is 0 Å². The molecule has 0 radical (unpaired) electrons. The lowest BCUT2D eigenvalue weighted by Gasteiger charge is -2.21. The number of ether oxygens (including phenoxy) is 1. The summed E-state index contributed by atoms with van der Waals surface area (Å²) in [6.45, 7) is 2.71. The second-order valence-corrected chi connectivity index (χ2v) is 2.16. The van der Waals surface area contributed by atoms with Gasteiger partial charge < -0.3 is 4.74 Å². The highest BCUT2D eigenvalue weighted by Crippen LogP contribution is 2.01. The SMILES string of the molecule is C=CC(=O)N1C(=O)COCC1=O. The fraction of sp³-hybridized carbons (Fsp3) is 0.286. The summed E-state index contributed by atoms with van der Waals surface area (Å²) in [4.78, 5) is 33.3. The van der Waals surface area contributed by atoms with Crippen LogP contribution in [-0.4, -0.2) is 35.8 Å². The largest absolute Gasteiger partial charge is 0.362 e. The number of carbonyl (C=O) groups excluding carboxylic acids is 3. The van der Waals surface area contributed by atoms with E-state index in [9.17, 15) is 14.4 Å². The molecule has 1 fully saturated rings. The van der Waals surface area contributed by atoms with Crippen molar-refractivity contribution in [2.75, 3.05) is 13.2 Å². The number of hydrogen-bond acceptors (Lipinski definition) is 4. The molecule has 12 heavy (non-hydrogen) atoms. The Hall–Kier alpha value is -1.49. The lowest BCUT2D eigenvalue weighted by molar-refractivity contribution is -0.162. The van der Waals surface area contributed by atoms with Gasteiger partial charge in [0.05, 0.1) is 0 Å². The van der Waals surface area contributed by atoms with E-state index >= 15 is 0 Å². The molecule has 0 N–H and O–H groups in total. The van der Waals surface area contributed by atoms with Gasteiger partial charge in [0, 0.05) is 0 Å². The summed E-state index contributed by atoms with van der Waals surface area (Å²) in [7, 11) is 0. The maximum atomic E-state index is 10.9. The summed E-state index contributed by atoms with van der Waals surface area (Å²) in [5.74, 6) is -1.99. The van der Waals surface area contributed by atoms with Crippen molar-refractivity contribution in [3.05, 3.63) is 12.7 Å². The van der Waals surface area contributed by atoms with Crippen LogP contribution in [0.5, 0.6) is 0 Å². The standard InChI is InChI=1S/C7H7NO4/c1-2-5(9)8-6(10)3-12-4-7(8)11/h2H,1,3-4H2. The highest BCUT2D eigenvalue weighted by atomic mass is 16.5. The zero-order valence-electron chi connectivity index (χ0n) is 6.28. The van der Waals surface area contributed by atoms with Crippen molar-refractivity contribution in [1.82, 2.24) is 4.90 Å². The molecule has 5 heteroatoms. The summed E-state index contributed by atoms with van der Waals surface area (Å²) in [6.07, 6.45) is 0.918. The monoisotopic (exact) mass is 169 g/mol. The van der Waals surface area contributed by atoms with Crippen LogP contribution in [0.2, 0.25) is 0 Å².